The van der Waals surface area contributed by atoms with Gasteiger partial charge in [-0.3, -0.25) is 0 Å². The van der Waals surface area contributed by atoms with Gasteiger partial charge in [-0.2, -0.15) is 0 Å². The number of hydrogen-bond acceptors (Lipinski definition) is 4. The van der Waals surface area contributed by atoms with Crippen molar-refractivity contribution in [2.45, 2.75) is 12.5 Å². The summed E-state index contributed by atoms with van der Waals surface area (Å²) in [5.74, 6) is 0.0978. The van der Waals surface area contributed by atoms with Gasteiger partial charge in [-0.15, -0.1) is 0 Å². The van der Waals surface area contributed by atoms with E-state index in [1.54, 1.807) is 0 Å². The summed E-state index contributed by atoms with van der Waals surface area (Å²) >= 11 is 1.42. The van der Waals surface area contributed by atoms with Gasteiger partial charge in [0.15, 0.2) is 0 Å². The summed E-state index contributed by atoms with van der Waals surface area (Å²) in [6.45, 7) is 0. The van der Waals surface area contributed by atoms with Crippen molar-refractivity contribution in [2.75, 3.05) is 11.5 Å². The fourth-order valence-corrected chi connectivity index (χ4v) is 1.61. The van der Waals surface area contributed by atoms with Crippen LogP contribution in [0, 0.1) is 5.63 Å². The summed E-state index contributed by atoms with van der Waals surface area (Å²) in [5, 5.41) is 8.38. The van der Waals surface area contributed by atoms with E-state index in [2.05, 4.69) is 5.63 Å². The molecule has 1 atom stereocenters. The summed E-state index contributed by atoms with van der Waals surface area (Å²) in [4.78, 5) is 10.2. The van der Waals surface area contributed by atoms with Crippen LogP contribution in [0.5, 0.6) is 0 Å². The first-order valence-corrected chi connectivity index (χ1v) is 5.26. The van der Waals surface area contributed by atoms with Crippen molar-refractivity contribution < 1.29 is 14.5 Å². The Labute approximate surface area is 76.0 Å². The van der Waals surface area contributed by atoms with E-state index in [0.29, 0.717) is 17.9 Å². The second kappa shape index (κ2) is 7.44. The van der Waals surface area contributed by atoms with Gasteiger partial charge in [-0.1, -0.05) is 0 Å². The Hall–Kier alpha value is -0.210. The Kier molecular flexibility index (Phi) is 7.31. The van der Waals surface area contributed by atoms with Crippen molar-refractivity contribution >= 4 is 25.6 Å². The monoisotopic (exact) mass is 207 g/mol. The van der Waals surface area contributed by atoms with Gasteiger partial charge in [0.05, 0.1) is 0 Å². The molecule has 0 saturated carbocycles. The zero-order valence-corrected chi connectivity index (χ0v) is 8.11. The summed E-state index contributed by atoms with van der Waals surface area (Å²) < 4.78 is 9.87. The summed E-state index contributed by atoms with van der Waals surface area (Å²) in [6.07, 6.45) is 0.585. The Balaban J connectivity index is 3.35. The number of carboxylic acid groups (broad SMARTS) is 1. The van der Waals surface area contributed by atoms with Crippen LogP contribution in [-0.2, 0) is 9.36 Å². The average Bonchev–Trinajstić information content (AvgIpc) is 2.03. The Morgan fingerprint density at radius 1 is 1.75 bits per heavy atom. The molecule has 0 aromatic rings. The molecular weight excluding hydrogens is 197 g/mol. The Bertz CT molecular complexity index is 238. The molecule has 0 amide bonds. The number of carboxylic acids is 1. The normalized spacial score (nSPS) is 11.8. The van der Waals surface area contributed by atoms with Gasteiger partial charge < -0.3 is 0 Å². The Morgan fingerprint density at radius 2 is 2.42 bits per heavy atom. The van der Waals surface area contributed by atoms with E-state index in [1.165, 1.54) is 11.8 Å². The van der Waals surface area contributed by atoms with E-state index in [4.69, 9.17) is 10.8 Å². The third-order valence-corrected chi connectivity index (χ3v) is 2.48. The molecule has 4 nitrogen and oxygen atoms in total. The first kappa shape index (κ1) is 11.8. The third-order valence-electron chi connectivity index (χ3n) is 1.04. The molecule has 0 aromatic heterocycles. The molecule has 0 rings (SSSR count). The van der Waals surface area contributed by atoms with Crippen LogP contribution in [0.3, 0.4) is 0 Å². The first-order chi connectivity index (χ1) is 5.68. The molecule has 68 valence electrons. The number of thioether (sulfide) groups is 1. The maximum absolute atomic E-state index is 10.2. The second-order valence-corrected chi connectivity index (χ2v) is 3.67. The van der Waals surface area contributed by atoms with Crippen LogP contribution in [-0.4, -0.2) is 28.6 Å². The summed E-state index contributed by atoms with van der Waals surface area (Å²) in [5.41, 5.74) is 7.79. The minimum absolute atomic E-state index is 0.0981. The second-order valence-electron chi connectivity index (χ2n) is 2.02. The van der Waals surface area contributed by atoms with Gasteiger partial charge in [-0.25, -0.2) is 0 Å². The number of carbonyl (C=O) groups is 1. The molecule has 0 saturated heterocycles. The van der Waals surface area contributed by atoms with E-state index in [1.807, 2.05) is 0 Å². The molecule has 0 aliphatic carbocycles. The molecule has 0 unspecified atom stereocenters. The first-order valence-electron chi connectivity index (χ1n) is 3.30. The predicted molar refractivity (Wildman–Crippen MR) is 49.0 cm³/mol. The van der Waals surface area contributed by atoms with E-state index in [-0.39, 0.29) is 7.92 Å². The van der Waals surface area contributed by atoms with Gasteiger partial charge in [-0.05, 0) is 0 Å². The standard InChI is InChI=1S/C6H10NO3PS/c7-5(6(8)9)4-12-3-1-2-11-10/h5H,1,3-4,7H2,(H,8,9)/t5-/m1/s1. The fourth-order valence-electron chi connectivity index (χ4n) is 0.445. The molecule has 0 aliphatic heterocycles. The predicted octanol–water partition coefficient (Wildman–Crippen LogP) is 0.772. The molecule has 0 aliphatic rings. The number of rotatable bonds is 5. The zero-order chi connectivity index (χ0) is 9.40. The molecule has 0 bridgehead atoms. The van der Waals surface area contributed by atoms with Crippen molar-refractivity contribution in [1.29, 1.82) is 0 Å². The fraction of sp³-hybridized carbons (Fsp3) is 0.667. The molecule has 0 fully saturated rings. The molecule has 0 aromatic carbocycles. The number of hydrogen-bond donors (Lipinski definition) is 2. The van der Waals surface area contributed by atoms with Crippen LogP contribution in [0.25, 0.3) is 0 Å². The topological polar surface area (TPSA) is 80.4 Å². The molecular formula is C6H10NO3PS. The van der Waals surface area contributed by atoms with Crippen LogP contribution in [0.4, 0.5) is 0 Å². The maximum atomic E-state index is 10.2. The van der Waals surface area contributed by atoms with Crippen molar-refractivity contribution in [3.05, 3.63) is 0 Å². The molecule has 3 N–H and O–H groups in total. The van der Waals surface area contributed by atoms with Crippen LogP contribution in [0.1, 0.15) is 6.42 Å². The van der Waals surface area contributed by atoms with Crippen molar-refractivity contribution in [3.8, 4) is 5.63 Å². The van der Waals surface area contributed by atoms with Gasteiger partial charge in [0, 0.05) is 0 Å². The van der Waals surface area contributed by atoms with E-state index in [9.17, 15) is 9.36 Å². The van der Waals surface area contributed by atoms with Gasteiger partial charge in [0.1, 0.15) is 0 Å². The van der Waals surface area contributed by atoms with Gasteiger partial charge >= 0.3 is 75.4 Å². The zero-order valence-electron chi connectivity index (χ0n) is 6.40. The number of nitrogens with two attached hydrogens (primary N) is 1. The SMILES string of the molecule is N[C@H](CSCCC#P=O)C(=O)O. The van der Waals surface area contributed by atoms with Crippen molar-refractivity contribution in [1.82, 2.24) is 0 Å². The van der Waals surface area contributed by atoms with Crippen LogP contribution < -0.4 is 5.73 Å². The van der Waals surface area contributed by atoms with Crippen LogP contribution in [0.2, 0.25) is 0 Å². The summed E-state index contributed by atoms with van der Waals surface area (Å²) in [7, 11) is -0.0981. The average molecular weight is 207 g/mol. The molecule has 0 radical (unpaired) electrons. The van der Waals surface area contributed by atoms with E-state index < -0.39 is 12.0 Å². The third kappa shape index (κ3) is 6.50. The number of aliphatic carboxylic acids is 1. The van der Waals surface area contributed by atoms with Gasteiger partial charge in [0.2, 0.25) is 0 Å². The van der Waals surface area contributed by atoms with Crippen LogP contribution in [0.15, 0.2) is 0 Å². The summed E-state index contributed by atoms with van der Waals surface area (Å²) in [6, 6.07) is -0.806. The van der Waals surface area contributed by atoms with Crippen molar-refractivity contribution in [2.24, 2.45) is 5.73 Å². The van der Waals surface area contributed by atoms with Crippen molar-refractivity contribution in [3.63, 3.8) is 0 Å². The van der Waals surface area contributed by atoms with E-state index >= 15 is 0 Å². The molecule has 12 heavy (non-hydrogen) atoms. The molecule has 0 heterocycles. The minimum atomic E-state index is -0.989. The van der Waals surface area contributed by atoms with E-state index in [0.717, 1.165) is 0 Å². The van der Waals surface area contributed by atoms with Crippen LogP contribution >= 0.6 is 19.7 Å². The molecule has 0 spiro atoms. The Morgan fingerprint density at radius 3 is 2.92 bits per heavy atom. The molecule has 6 heteroatoms. The van der Waals surface area contributed by atoms with Gasteiger partial charge in [0.25, 0.3) is 0 Å². The quantitative estimate of drug-likeness (QED) is 0.514.